The van der Waals surface area contributed by atoms with Gasteiger partial charge in [0.25, 0.3) is 0 Å². The van der Waals surface area contributed by atoms with Gasteiger partial charge < -0.3 is 18.9 Å². The fourth-order valence-electron chi connectivity index (χ4n) is 5.27. The first-order valence-corrected chi connectivity index (χ1v) is 15.2. The smallest absolute Gasteiger partial charge is 0.197 e. The number of hydrogen-bond acceptors (Lipinski definition) is 6. The summed E-state index contributed by atoms with van der Waals surface area (Å²) < 4.78 is 23.8. The van der Waals surface area contributed by atoms with Gasteiger partial charge in [-0.25, -0.2) is 0 Å². The second-order valence-corrected chi connectivity index (χ2v) is 10.4. The lowest BCUT2D eigenvalue weighted by molar-refractivity contribution is 0.103. The first-order chi connectivity index (χ1) is 22.6. The molecule has 0 saturated heterocycles. The molecule has 6 aromatic carbocycles. The summed E-state index contributed by atoms with van der Waals surface area (Å²) in [7, 11) is 0. The van der Waals surface area contributed by atoms with E-state index < -0.39 is 0 Å². The van der Waals surface area contributed by atoms with Crippen molar-refractivity contribution < 1.29 is 28.5 Å². The highest BCUT2D eigenvalue weighted by molar-refractivity contribution is 6.26. The zero-order valence-corrected chi connectivity index (χ0v) is 25.6. The summed E-state index contributed by atoms with van der Waals surface area (Å²) in [6.07, 6.45) is 0. The summed E-state index contributed by atoms with van der Waals surface area (Å²) >= 11 is 0. The molecular formula is C40H32O6. The van der Waals surface area contributed by atoms with Gasteiger partial charge in [0.2, 0.25) is 0 Å². The third kappa shape index (κ3) is 6.47. The van der Waals surface area contributed by atoms with E-state index in [4.69, 9.17) is 18.9 Å². The van der Waals surface area contributed by atoms with Crippen molar-refractivity contribution >= 4 is 22.3 Å². The maximum absolute atomic E-state index is 14.3. The van der Waals surface area contributed by atoms with Crippen molar-refractivity contribution in [3.63, 3.8) is 0 Å². The molecule has 0 aliphatic rings. The van der Waals surface area contributed by atoms with Crippen LogP contribution in [-0.4, -0.2) is 24.8 Å². The molecule has 6 heteroatoms. The molecule has 0 heterocycles. The molecule has 0 atom stereocenters. The van der Waals surface area contributed by atoms with E-state index in [1.165, 1.54) is 0 Å². The van der Waals surface area contributed by atoms with Crippen molar-refractivity contribution in [1.82, 2.24) is 0 Å². The Labute approximate surface area is 267 Å². The van der Waals surface area contributed by atoms with Crippen LogP contribution in [0.15, 0.2) is 133 Å². The van der Waals surface area contributed by atoms with Crippen LogP contribution in [0.1, 0.15) is 45.7 Å². The highest BCUT2D eigenvalue weighted by Gasteiger charge is 2.26. The van der Waals surface area contributed by atoms with E-state index in [1.807, 2.05) is 86.6 Å². The number of rotatable bonds is 12. The maximum Gasteiger partial charge on any atom is 0.197 e. The van der Waals surface area contributed by atoms with Crippen LogP contribution in [0.2, 0.25) is 0 Å². The Morgan fingerprint density at radius 1 is 0.457 bits per heavy atom. The van der Waals surface area contributed by atoms with E-state index in [1.54, 1.807) is 60.7 Å². The molecule has 0 aliphatic carbocycles. The Morgan fingerprint density at radius 2 is 0.826 bits per heavy atom. The Hall–Kier alpha value is -5.88. The predicted octanol–water partition coefficient (Wildman–Crippen LogP) is 9.68. The molecule has 0 aliphatic heterocycles. The maximum atomic E-state index is 14.3. The Bertz CT molecular complexity index is 1820. The number of carbonyl (C=O) groups excluding carboxylic acids is 2. The molecule has 6 rings (SSSR count). The van der Waals surface area contributed by atoms with Crippen LogP contribution in [0.5, 0.6) is 34.5 Å². The van der Waals surface area contributed by atoms with Crippen LogP contribution in [0.4, 0.5) is 0 Å². The molecule has 6 aromatic rings. The summed E-state index contributed by atoms with van der Waals surface area (Å²) in [4.78, 5) is 28.7. The molecule has 0 spiro atoms. The third-order valence-electron chi connectivity index (χ3n) is 7.35. The van der Waals surface area contributed by atoms with Crippen LogP contribution in [0.25, 0.3) is 10.8 Å². The van der Waals surface area contributed by atoms with Crippen LogP contribution in [0.3, 0.4) is 0 Å². The normalized spacial score (nSPS) is 10.7. The molecule has 46 heavy (non-hydrogen) atoms. The minimum atomic E-state index is -0.283. The number of hydrogen-bond donors (Lipinski definition) is 0. The fraction of sp³-hybridized carbons (Fsp3) is 0.100. The summed E-state index contributed by atoms with van der Waals surface area (Å²) in [5.41, 5.74) is 1.45. The highest BCUT2D eigenvalue weighted by Crippen LogP contribution is 2.38. The summed E-state index contributed by atoms with van der Waals surface area (Å²) in [5.74, 6) is 2.79. The summed E-state index contributed by atoms with van der Waals surface area (Å²) in [6, 6.07) is 40.0. The quantitative estimate of drug-likeness (QED) is 0.129. The molecule has 0 fully saturated rings. The molecule has 0 aromatic heterocycles. The first kappa shape index (κ1) is 30.2. The van der Waals surface area contributed by atoms with E-state index in [0.29, 0.717) is 80.7 Å². The molecule has 6 nitrogen and oxygen atoms in total. The third-order valence-corrected chi connectivity index (χ3v) is 7.35. The number of para-hydroxylation sites is 2. The lowest BCUT2D eigenvalue weighted by Crippen LogP contribution is -2.12. The Kier molecular flexibility index (Phi) is 9.07. The van der Waals surface area contributed by atoms with Crippen LogP contribution >= 0.6 is 0 Å². The van der Waals surface area contributed by atoms with Gasteiger partial charge in [-0.2, -0.15) is 0 Å². The Morgan fingerprint density at radius 3 is 1.20 bits per heavy atom. The molecule has 0 amide bonds. The summed E-state index contributed by atoms with van der Waals surface area (Å²) in [6.45, 7) is 4.39. The van der Waals surface area contributed by atoms with Crippen molar-refractivity contribution in [3.8, 4) is 34.5 Å². The van der Waals surface area contributed by atoms with Crippen LogP contribution < -0.4 is 18.9 Å². The van der Waals surface area contributed by atoms with Gasteiger partial charge in [0.05, 0.1) is 24.3 Å². The lowest BCUT2D eigenvalue weighted by atomic mass is 9.89. The molecule has 0 bridgehead atoms. The van der Waals surface area contributed by atoms with Crippen LogP contribution in [0, 0.1) is 0 Å². The van der Waals surface area contributed by atoms with Gasteiger partial charge in [0, 0.05) is 16.5 Å². The topological polar surface area (TPSA) is 71.1 Å². The van der Waals surface area contributed by atoms with Gasteiger partial charge in [0.1, 0.15) is 34.5 Å². The van der Waals surface area contributed by atoms with Gasteiger partial charge in [-0.1, -0.05) is 48.5 Å². The van der Waals surface area contributed by atoms with Crippen molar-refractivity contribution in [2.75, 3.05) is 13.2 Å². The van der Waals surface area contributed by atoms with E-state index in [0.717, 1.165) is 0 Å². The zero-order valence-electron chi connectivity index (χ0n) is 25.6. The van der Waals surface area contributed by atoms with Gasteiger partial charge in [0.15, 0.2) is 11.6 Å². The lowest BCUT2D eigenvalue weighted by Gasteiger charge is -2.18. The molecule has 0 unspecified atom stereocenters. The molecule has 0 saturated carbocycles. The molecule has 0 radical (unpaired) electrons. The second-order valence-electron chi connectivity index (χ2n) is 10.4. The van der Waals surface area contributed by atoms with Crippen molar-refractivity contribution in [2.45, 2.75) is 13.8 Å². The highest BCUT2D eigenvalue weighted by atomic mass is 16.5. The number of fused-ring (bicyclic) bond motifs is 1. The Balaban J connectivity index is 1.43. The number of carbonyl (C=O) groups is 2. The van der Waals surface area contributed by atoms with Gasteiger partial charge in [-0.05, 0) is 104 Å². The summed E-state index contributed by atoms with van der Waals surface area (Å²) in [5, 5.41) is 1.19. The van der Waals surface area contributed by atoms with Gasteiger partial charge in [-0.3, -0.25) is 9.59 Å². The van der Waals surface area contributed by atoms with E-state index >= 15 is 0 Å². The zero-order chi connectivity index (χ0) is 31.9. The van der Waals surface area contributed by atoms with E-state index in [2.05, 4.69) is 0 Å². The first-order valence-electron chi connectivity index (χ1n) is 15.2. The van der Waals surface area contributed by atoms with Crippen molar-refractivity contribution in [2.24, 2.45) is 0 Å². The van der Waals surface area contributed by atoms with Crippen molar-refractivity contribution in [1.29, 1.82) is 0 Å². The molecule has 0 N–H and O–H groups in total. The fourth-order valence-corrected chi connectivity index (χ4v) is 5.27. The predicted molar refractivity (Wildman–Crippen MR) is 179 cm³/mol. The second kappa shape index (κ2) is 13.8. The number of ketones is 2. The van der Waals surface area contributed by atoms with E-state index in [-0.39, 0.29) is 11.6 Å². The average molecular weight is 609 g/mol. The average Bonchev–Trinajstić information content (AvgIpc) is 3.09. The van der Waals surface area contributed by atoms with Crippen molar-refractivity contribution in [3.05, 3.63) is 156 Å². The largest absolute Gasteiger partial charge is 0.493 e. The standard InChI is InChI=1S/C40H32O6/c1-3-43-34-25-19-27-20-26-35(44-4-2)38(40(42)29-17-23-33(24-18-29)46-31-13-9-6-10-14-31)36(27)37(34)39(41)28-15-21-32(22-16-28)45-30-11-7-5-8-12-30/h5-26H,3-4H2,1-2H3. The molecular weight excluding hydrogens is 576 g/mol. The number of benzene rings is 6. The van der Waals surface area contributed by atoms with Gasteiger partial charge in [-0.15, -0.1) is 0 Å². The van der Waals surface area contributed by atoms with Gasteiger partial charge >= 0.3 is 0 Å². The monoisotopic (exact) mass is 608 g/mol. The molecule has 228 valence electrons. The SMILES string of the molecule is CCOc1ccc2ccc(OCC)c(C(=O)c3ccc(Oc4ccccc4)cc3)c2c1C(=O)c1ccc(Oc2ccccc2)cc1. The number of ether oxygens (including phenoxy) is 4. The minimum absolute atomic E-state index is 0.283. The van der Waals surface area contributed by atoms with Crippen LogP contribution in [-0.2, 0) is 0 Å². The van der Waals surface area contributed by atoms with E-state index in [9.17, 15) is 9.59 Å². The minimum Gasteiger partial charge on any atom is -0.493 e.